The van der Waals surface area contributed by atoms with Crippen LogP contribution in [0.15, 0.2) is 12.3 Å². The molecular weight excluding hydrogens is 281 g/mol. The molecule has 3 N–H and O–H groups in total. The minimum absolute atomic E-state index is 0.0197. The van der Waals surface area contributed by atoms with E-state index in [1.165, 1.54) is 0 Å². The van der Waals surface area contributed by atoms with Crippen LogP contribution >= 0.6 is 0 Å². The Hall–Kier alpha value is -1.50. The number of aromatic nitrogens is 1. The molecule has 0 aromatic carbocycles. The molecule has 0 spiro atoms. The van der Waals surface area contributed by atoms with E-state index in [-0.39, 0.29) is 11.2 Å². The first-order valence-corrected chi connectivity index (χ1v) is 6.99. The number of anilines is 2. The summed E-state index contributed by atoms with van der Waals surface area (Å²) in [4.78, 5) is 5.49. The Morgan fingerprint density at radius 1 is 1.33 bits per heavy atom. The van der Waals surface area contributed by atoms with Gasteiger partial charge in [0.2, 0.25) is 0 Å². The fourth-order valence-electron chi connectivity index (χ4n) is 2.85. The van der Waals surface area contributed by atoms with Crippen molar-refractivity contribution < 1.29 is 13.2 Å². The molecule has 118 valence electrons. The molecule has 4 nitrogen and oxygen atoms in total. The maximum Gasteiger partial charge on any atom is 0.433 e. The van der Waals surface area contributed by atoms with Crippen molar-refractivity contribution in [3.8, 4) is 0 Å². The number of likely N-dealkylation sites (N-methyl/N-ethyl adjacent to an activating group) is 1. The van der Waals surface area contributed by atoms with Crippen LogP contribution in [-0.2, 0) is 6.18 Å². The average Bonchev–Trinajstić information content (AvgIpc) is 2.86. The molecule has 1 saturated carbocycles. The maximum atomic E-state index is 12.7. The summed E-state index contributed by atoms with van der Waals surface area (Å²) in [5, 5.41) is 3.08. The zero-order chi connectivity index (χ0) is 15.7. The van der Waals surface area contributed by atoms with Gasteiger partial charge in [-0.3, -0.25) is 0 Å². The summed E-state index contributed by atoms with van der Waals surface area (Å²) in [6.07, 6.45) is 0.937. The summed E-state index contributed by atoms with van der Waals surface area (Å²) in [6, 6.07) is 0.980. The molecule has 21 heavy (non-hydrogen) atoms. The van der Waals surface area contributed by atoms with E-state index >= 15 is 0 Å². The van der Waals surface area contributed by atoms with Crippen molar-refractivity contribution in [1.82, 2.24) is 9.88 Å². The van der Waals surface area contributed by atoms with Gasteiger partial charge in [0.1, 0.15) is 5.69 Å². The predicted molar refractivity (Wildman–Crippen MR) is 77.0 cm³/mol. The lowest BCUT2D eigenvalue weighted by Crippen LogP contribution is -2.47. The number of pyridine rings is 1. The SMILES string of the molecule is CN(C)C1(CNc2cc(C(F)(F)F)ncc2N)CCCC1. The van der Waals surface area contributed by atoms with Crippen LogP contribution in [0.4, 0.5) is 24.5 Å². The summed E-state index contributed by atoms with van der Waals surface area (Å²) in [5.41, 5.74) is 5.31. The number of rotatable bonds is 4. The van der Waals surface area contributed by atoms with Gasteiger partial charge in [0.15, 0.2) is 0 Å². The number of hydrogen-bond donors (Lipinski definition) is 2. The third kappa shape index (κ3) is 3.40. The Labute approximate surface area is 122 Å². The number of halogens is 3. The van der Waals surface area contributed by atoms with Crippen LogP contribution < -0.4 is 11.1 Å². The first-order chi connectivity index (χ1) is 9.74. The quantitative estimate of drug-likeness (QED) is 0.898. The monoisotopic (exact) mass is 302 g/mol. The van der Waals surface area contributed by atoms with Gasteiger partial charge < -0.3 is 16.0 Å². The summed E-state index contributed by atoms with van der Waals surface area (Å²) in [5.74, 6) is 0. The third-order valence-corrected chi connectivity index (χ3v) is 4.32. The first-order valence-electron chi connectivity index (χ1n) is 6.99. The van der Waals surface area contributed by atoms with Gasteiger partial charge in [0, 0.05) is 12.1 Å². The second-order valence-corrected chi connectivity index (χ2v) is 5.83. The number of nitrogens with zero attached hydrogens (tertiary/aromatic N) is 2. The number of nitrogens with one attached hydrogen (secondary N) is 1. The van der Waals surface area contributed by atoms with Crippen molar-refractivity contribution in [2.45, 2.75) is 37.4 Å². The topological polar surface area (TPSA) is 54.2 Å². The molecule has 0 aliphatic heterocycles. The molecule has 1 aromatic rings. The lowest BCUT2D eigenvalue weighted by atomic mass is 9.96. The zero-order valence-corrected chi connectivity index (χ0v) is 12.3. The number of alkyl halides is 3. The summed E-state index contributed by atoms with van der Waals surface area (Å²) < 4.78 is 38.1. The minimum atomic E-state index is -4.46. The Morgan fingerprint density at radius 2 is 1.95 bits per heavy atom. The van der Waals surface area contributed by atoms with Crippen molar-refractivity contribution in [2.75, 3.05) is 31.7 Å². The minimum Gasteiger partial charge on any atom is -0.396 e. The predicted octanol–water partition coefficient (Wildman–Crippen LogP) is 2.97. The molecule has 0 atom stereocenters. The van der Waals surface area contributed by atoms with Crippen molar-refractivity contribution in [3.63, 3.8) is 0 Å². The van der Waals surface area contributed by atoms with Crippen molar-refractivity contribution in [3.05, 3.63) is 18.0 Å². The molecule has 0 amide bonds. The molecule has 1 aliphatic rings. The van der Waals surface area contributed by atoms with Crippen LogP contribution in [0.25, 0.3) is 0 Å². The van der Waals surface area contributed by atoms with E-state index in [0.717, 1.165) is 37.9 Å². The standard InChI is InChI=1S/C14H21F3N4/c1-21(2)13(5-3-4-6-13)9-20-11-7-12(14(15,16)17)19-8-10(11)18/h7-8H,3-6,9,18H2,1-2H3,(H,19,20). The molecule has 0 radical (unpaired) electrons. The van der Waals surface area contributed by atoms with E-state index in [4.69, 9.17) is 5.73 Å². The molecule has 7 heteroatoms. The fourth-order valence-corrected chi connectivity index (χ4v) is 2.85. The van der Waals surface area contributed by atoms with Crippen LogP contribution in [-0.4, -0.2) is 36.1 Å². The molecule has 0 saturated heterocycles. The number of hydrogen-bond acceptors (Lipinski definition) is 4. The second-order valence-electron chi connectivity index (χ2n) is 5.83. The lowest BCUT2D eigenvalue weighted by molar-refractivity contribution is -0.141. The van der Waals surface area contributed by atoms with E-state index < -0.39 is 11.9 Å². The Kier molecular flexibility index (Phi) is 4.32. The smallest absolute Gasteiger partial charge is 0.396 e. The fraction of sp³-hybridized carbons (Fsp3) is 0.643. The average molecular weight is 302 g/mol. The van der Waals surface area contributed by atoms with E-state index in [1.807, 2.05) is 14.1 Å². The Bertz CT molecular complexity index is 493. The van der Waals surface area contributed by atoms with Crippen LogP contribution in [0.3, 0.4) is 0 Å². The van der Waals surface area contributed by atoms with Crippen molar-refractivity contribution in [1.29, 1.82) is 0 Å². The normalized spacial score (nSPS) is 18.2. The van der Waals surface area contributed by atoms with E-state index in [1.54, 1.807) is 0 Å². The molecule has 2 rings (SSSR count). The molecule has 1 aliphatic carbocycles. The van der Waals surface area contributed by atoms with Crippen molar-refractivity contribution >= 4 is 11.4 Å². The molecule has 0 bridgehead atoms. The summed E-state index contributed by atoms with van der Waals surface area (Å²) >= 11 is 0. The molecule has 0 unspecified atom stereocenters. The van der Waals surface area contributed by atoms with E-state index in [2.05, 4.69) is 15.2 Å². The zero-order valence-electron chi connectivity index (χ0n) is 12.3. The van der Waals surface area contributed by atoms with Gasteiger partial charge in [-0.15, -0.1) is 0 Å². The van der Waals surface area contributed by atoms with E-state index in [9.17, 15) is 13.2 Å². The molecular formula is C14H21F3N4. The van der Waals surface area contributed by atoms with Gasteiger partial charge in [-0.2, -0.15) is 13.2 Å². The molecule has 1 aromatic heterocycles. The van der Waals surface area contributed by atoms with Crippen LogP contribution in [0.2, 0.25) is 0 Å². The highest BCUT2D eigenvalue weighted by atomic mass is 19.4. The molecule has 1 fully saturated rings. The van der Waals surface area contributed by atoms with Gasteiger partial charge in [-0.25, -0.2) is 4.98 Å². The highest BCUT2D eigenvalue weighted by molar-refractivity contribution is 5.65. The number of nitrogen functional groups attached to an aromatic ring is 1. The van der Waals surface area contributed by atoms with Crippen LogP contribution in [0.5, 0.6) is 0 Å². The maximum absolute atomic E-state index is 12.7. The third-order valence-electron chi connectivity index (χ3n) is 4.32. The van der Waals surface area contributed by atoms with Gasteiger partial charge in [0.25, 0.3) is 0 Å². The largest absolute Gasteiger partial charge is 0.433 e. The lowest BCUT2D eigenvalue weighted by Gasteiger charge is -2.37. The van der Waals surface area contributed by atoms with Gasteiger partial charge >= 0.3 is 6.18 Å². The Balaban J connectivity index is 2.16. The van der Waals surface area contributed by atoms with Gasteiger partial charge in [0.05, 0.1) is 17.6 Å². The highest BCUT2D eigenvalue weighted by Gasteiger charge is 2.36. The second kappa shape index (κ2) is 5.71. The summed E-state index contributed by atoms with van der Waals surface area (Å²) in [7, 11) is 4.01. The Morgan fingerprint density at radius 3 is 2.48 bits per heavy atom. The van der Waals surface area contributed by atoms with Crippen molar-refractivity contribution in [2.24, 2.45) is 0 Å². The van der Waals surface area contributed by atoms with Gasteiger partial charge in [-0.1, -0.05) is 12.8 Å². The van der Waals surface area contributed by atoms with Gasteiger partial charge in [-0.05, 0) is 33.0 Å². The molecule has 1 heterocycles. The number of nitrogens with two attached hydrogens (primary N) is 1. The summed E-state index contributed by atoms with van der Waals surface area (Å²) in [6.45, 7) is 0.575. The first kappa shape index (κ1) is 15.9. The van der Waals surface area contributed by atoms with E-state index in [0.29, 0.717) is 12.2 Å². The van der Waals surface area contributed by atoms with Crippen LogP contribution in [0, 0.1) is 0 Å². The van der Waals surface area contributed by atoms with Crippen LogP contribution in [0.1, 0.15) is 31.4 Å². The highest BCUT2D eigenvalue weighted by Crippen LogP contribution is 2.35.